The molecule has 4 aliphatic rings. The largest absolute Gasteiger partial charge is 0.358 e. The van der Waals surface area contributed by atoms with E-state index < -0.39 is 360 Å². The summed E-state index contributed by atoms with van der Waals surface area (Å²) in [4.78, 5) is 18.3. The molecule has 0 aliphatic carbocycles. The first-order chi connectivity index (χ1) is 55.7. The summed E-state index contributed by atoms with van der Waals surface area (Å²) in [7, 11) is 0. The Labute approximate surface area is 627 Å². The Hall–Kier alpha value is -13.5. The van der Waals surface area contributed by atoms with Gasteiger partial charge in [0, 0.05) is 72.5 Å². The van der Waals surface area contributed by atoms with Crippen LogP contribution in [0.5, 0.6) is 0 Å². The summed E-state index contributed by atoms with van der Waals surface area (Å²) in [6, 6.07) is 0.477. The summed E-state index contributed by atoms with van der Waals surface area (Å²) in [5.74, 6) is -101. The van der Waals surface area contributed by atoms with E-state index in [1.54, 1.807) is 0 Å². The molecule has 0 saturated heterocycles. The smallest absolute Gasteiger partial charge is 0.200 e. The summed E-state index contributed by atoms with van der Waals surface area (Å²) in [6.45, 7) is 0. The van der Waals surface area contributed by atoms with Crippen molar-refractivity contribution in [2.45, 2.75) is 12.0 Å². The molecule has 600 valence electrons. The van der Waals surface area contributed by atoms with Crippen molar-refractivity contribution >= 4 is 61.4 Å². The monoisotopic (exact) mass is 1690 g/mol. The maximum absolute atomic E-state index is 17.2. The average Bonchev–Trinajstić information content (AvgIpc) is 1.54. The number of nitrogens with zero attached hydrogens (tertiary/aromatic N) is 4. The van der Waals surface area contributed by atoms with Crippen LogP contribution >= 0.6 is 0 Å². The van der Waals surface area contributed by atoms with Gasteiger partial charge in [0.2, 0.25) is 34.9 Å². The molecule has 16 rings (SSSR count). The molecule has 0 fully saturated rings. The number of hydrogen-bond acceptors (Lipinski definition) is 3. The SMILES string of the molecule is Fc1c(F)c(F)c(C2=c3ccc4c(c5c(F)c(F)c(F)c(F)c5n34)C3=N/C(=C(/c4c(F)c(F)c(F)c(F)c4F)c4ccc([nH]4)C(c4c(F)c(F)c(F)c(F)c4F)C4C=CC(=N4)/C(c4c(F)c(F)c(F)c(F)c4F)=c4\cc/c([nH]4)=C(/c4c(F)c(F)c(F)c(F)c4F)C4=N/C(=C(/c5c(F)c(F)c(F)c(F)c5F)c5ccc2[nH]5)C=C4)C=C3)c(F)c1F. The number of nitrogens with one attached hydrogen (secondary N) is 3. The summed E-state index contributed by atoms with van der Waals surface area (Å²) in [5.41, 5.74) is -37.8. The molecule has 5 aromatic heterocycles. The number of H-pyrrole nitrogens is 3. The van der Waals surface area contributed by atoms with Gasteiger partial charge in [0.05, 0.1) is 90.1 Å². The normalized spacial score (nSPS) is 17.8. The first kappa shape index (κ1) is 78.4. The van der Waals surface area contributed by atoms with Gasteiger partial charge in [-0.05, 0) is 78.9 Å². The van der Waals surface area contributed by atoms with Gasteiger partial charge in [-0.15, -0.1) is 0 Å². The molecule has 12 aromatic rings. The van der Waals surface area contributed by atoms with Crippen LogP contribution in [0, 0.1) is 198 Å². The molecule has 7 nitrogen and oxygen atoms in total. The lowest BCUT2D eigenvalue weighted by molar-refractivity contribution is 0.364. The van der Waals surface area contributed by atoms with Gasteiger partial charge in [-0.3, -0.25) is 4.99 Å². The molecule has 0 amide bonds. The Morgan fingerprint density at radius 1 is 0.254 bits per heavy atom. The molecule has 16 bridgehead atoms. The minimum atomic E-state index is -3.00. The number of fused-ring (bicyclic) bond motifs is 12. The van der Waals surface area contributed by atoms with Crippen molar-refractivity contribution in [3.05, 3.63) is 372 Å². The molecule has 3 N–H and O–H groups in total. The number of aromatic amines is 3. The molecular formula is C77H19F34N7. The first-order valence-corrected chi connectivity index (χ1v) is 32.3. The molecule has 0 saturated carbocycles. The molecule has 0 radical (unpaired) electrons. The molecule has 7 aromatic carbocycles. The van der Waals surface area contributed by atoms with Gasteiger partial charge in [-0.1, -0.05) is 6.08 Å². The van der Waals surface area contributed by atoms with Crippen LogP contribution in [-0.2, 0) is 0 Å². The van der Waals surface area contributed by atoms with Crippen LogP contribution in [0.1, 0.15) is 67.6 Å². The van der Waals surface area contributed by atoms with Crippen LogP contribution in [0.2, 0.25) is 0 Å². The van der Waals surface area contributed by atoms with E-state index in [2.05, 4.69) is 29.9 Å². The third-order valence-corrected chi connectivity index (χ3v) is 19.4. The molecule has 0 spiro atoms. The zero-order valence-electron chi connectivity index (χ0n) is 55.9. The van der Waals surface area contributed by atoms with Crippen LogP contribution in [0.25, 0.3) is 44.3 Å². The van der Waals surface area contributed by atoms with E-state index in [1.807, 2.05) is 0 Å². The Balaban J connectivity index is 1.12. The van der Waals surface area contributed by atoms with Gasteiger partial charge >= 0.3 is 0 Å². The van der Waals surface area contributed by atoms with Crippen LogP contribution in [0.4, 0.5) is 149 Å². The van der Waals surface area contributed by atoms with E-state index in [4.69, 9.17) is 0 Å². The number of benzene rings is 7. The Morgan fingerprint density at radius 3 is 1.02 bits per heavy atom. The summed E-state index contributed by atoms with van der Waals surface area (Å²) in [6.07, 6.45) is 2.35. The molecule has 118 heavy (non-hydrogen) atoms. The zero-order chi connectivity index (χ0) is 85.1. The topological polar surface area (TPSA) is 88.9 Å². The number of aromatic nitrogens is 4. The van der Waals surface area contributed by atoms with Gasteiger partial charge in [-0.25, -0.2) is 159 Å². The van der Waals surface area contributed by atoms with Crippen molar-refractivity contribution in [1.82, 2.24) is 19.4 Å². The first-order valence-electron chi connectivity index (χ1n) is 32.3. The quantitative estimate of drug-likeness (QED) is 0.0841. The zero-order valence-corrected chi connectivity index (χ0v) is 55.9. The predicted octanol–water partition coefficient (Wildman–Crippen LogP) is 19.0. The number of hydrogen-bond donors (Lipinski definition) is 3. The van der Waals surface area contributed by atoms with Crippen LogP contribution in [0.3, 0.4) is 0 Å². The second-order valence-electron chi connectivity index (χ2n) is 25.5. The number of rotatable bonds is 6. The Morgan fingerprint density at radius 2 is 0.585 bits per heavy atom. The molecule has 4 aliphatic heterocycles. The van der Waals surface area contributed by atoms with Crippen LogP contribution < -0.4 is 16.0 Å². The number of aliphatic imine (C=N–C) groups is 3. The van der Waals surface area contributed by atoms with E-state index in [-0.39, 0.29) is 4.40 Å². The Kier molecular flexibility index (Phi) is 18.3. The summed E-state index contributed by atoms with van der Waals surface area (Å²) in [5, 5.41) is -5.79. The highest BCUT2D eigenvalue weighted by molar-refractivity contribution is 6.31. The minimum Gasteiger partial charge on any atom is -0.358 e. The number of allylic oxidation sites excluding steroid dienone is 5. The third kappa shape index (κ3) is 11.0. The second kappa shape index (κ2) is 27.6. The Bertz CT molecular complexity index is 7010. The summed E-state index contributed by atoms with van der Waals surface area (Å²) < 4.78 is 547. The van der Waals surface area contributed by atoms with Crippen LogP contribution in [-0.4, -0.2) is 42.5 Å². The van der Waals surface area contributed by atoms with Crippen LogP contribution in [0.15, 0.2) is 111 Å². The van der Waals surface area contributed by atoms with Crippen molar-refractivity contribution in [3.8, 4) is 0 Å². The second-order valence-corrected chi connectivity index (χ2v) is 25.5. The fourth-order valence-corrected chi connectivity index (χ4v) is 14.2. The minimum absolute atomic E-state index is 0.0475. The lowest BCUT2D eigenvalue weighted by Gasteiger charge is -2.22. The van der Waals surface area contributed by atoms with Gasteiger partial charge in [-0.2, -0.15) is 0 Å². The third-order valence-electron chi connectivity index (χ3n) is 19.4. The lowest BCUT2D eigenvalue weighted by Crippen LogP contribution is -2.24. The standard InChI is InChI=1S/C77H19F34N7/c78-43-36(44(79)57(92)69(104)56(43)91)29-15-1-3-17(112-15)30(37-45(80)58(93)70(105)59(94)46(37)81)19-5-7-21(114-19)32(39-49(84)62(97)72(107)63(98)50(39)85)23-9-11-25(116-23)34(41-53(88)66(101)74(109)67(102)54(41)89)27-13-14-28-35(42-55(90)68(103)75(110)76(111)77(42)118(27)28)26-12-10-24(117-26)33(40-51(86)64(99)73(108)65(100)52(40)87)22-8-6-20(115-22)31(18-4-2-16(29)113-18)38-47(82)60(95)71(106)61(96)48(38)83/h1-14,18,31,112,115-116H/b29-15-,30-17-,32-21+,33-24+,34-27?. The fraction of sp³-hybridized carbons (Fsp3) is 0.0260. The lowest BCUT2D eigenvalue weighted by atomic mass is 9.88. The fourth-order valence-electron chi connectivity index (χ4n) is 14.2. The van der Waals surface area contributed by atoms with E-state index in [0.29, 0.717) is 85.0 Å². The number of halogens is 34. The van der Waals surface area contributed by atoms with Crippen molar-refractivity contribution in [2.75, 3.05) is 0 Å². The van der Waals surface area contributed by atoms with Gasteiger partial charge in [0.1, 0.15) is 0 Å². The predicted molar refractivity (Wildman–Crippen MR) is 342 cm³/mol. The van der Waals surface area contributed by atoms with Crippen molar-refractivity contribution in [2.24, 2.45) is 15.0 Å². The molecule has 2 unspecified atom stereocenters. The highest BCUT2D eigenvalue weighted by Gasteiger charge is 2.43. The highest BCUT2D eigenvalue weighted by Crippen LogP contribution is 2.47. The van der Waals surface area contributed by atoms with Crippen molar-refractivity contribution in [3.63, 3.8) is 0 Å². The van der Waals surface area contributed by atoms with E-state index in [1.165, 1.54) is 0 Å². The van der Waals surface area contributed by atoms with Gasteiger partial charge in [0.25, 0.3) is 0 Å². The molecule has 9 heterocycles. The van der Waals surface area contributed by atoms with Gasteiger partial charge in [0.15, 0.2) is 163 Å². The van der Waals surface area contributed by atoms with Gasteiger partial charge < -0.3 is 19.4 Å². The van der Waals surface area contributed by atoms with Crippen molar-refractivity contribution in [1.29, 1.82) is 0 Å². The molecule has 41 heteroatoms. The van der Waals surface area contributed by atoms with Crippen molar-refractivity contribution < 1.29 is 149 Å². The molecule has 2 atom stereocenters. The maximum Gasteiger partial charge on any atom is 0.200 e. The average molecular weight is 1690 g/mol. The van der Waals surface area contributed by atoms with E-state index in [0.717, 1.165) is 0 Å². The van der Waals surface area contributed by atoms with E-state index >= 15 is 149 Å². The maximum atomic E-state index is 17.2. The molecular weight excluding hydrogens is 1670 g/mol. The summed E-state index contributed by atoms with van der Waals surface area (Å²) >= 11 is 0. The van der Waals surface area contributed by atoms with E-state index in [9.17, 15) is 0 Å². The highest BCUT2D eigenvalue weighted by atomic mass is 19.2.